The molecule has 0 heterocycles. The van der Waals surface area contributed by atoms with Crippen molar-refractivity contribution < 1.29 is 14.3 Å². The lowest BCUT2D eigenvalue weighted by molar-refractivity contribution is -0.163. The van der Waals surface area contributed by atoms with Crippen molar-refractivity contribution in [2.24, 2.45) is 0 Å². The van der Waals surface area contributed by atoms with Gasteiger partial charge in [0, 0.05) is 0 Å². The van der Waals surface area contributed by atoms with Crippen LogP contribution in [0.4, 0.5) is 0 Å². The van der Waals surface area contributed by atoms with Gasteiger partial charge in [0.1, 0.15) is 0 Å². The predicted molar refractivity (Wildman–Crippen MR) is 46.6 cm³/mol. The molecule has 0 saturated carbocycles. The molecule has 0 radical (unpaired) electrons. The molecular formula is C9H15NO3. The van der Waals surface area contributed by atoms with Crippen molar-refractivity contribution in [1.82, 2.24) is 0 Å². The normalized spacial score (nSPS) is 14.0. The zero-order chi connectivity index (χ0) is 10.3. The summed E-state index contributed by atoms with van der Waals surface area (Å²) in [5.74, 6) is -0.474. The molecule has 74 valence electrons. The zero-order valence-electron chi connectivity index (χ0n) is 8.29. The molecule has 0 fully saturated rings. The number of methoxy groups -OCH3 is 1. The summed E-state index contributed by atoms with van der Waals surface area (Å²) >= 11 is 0. The minimum Gasteiger partial charge on any atom is -0.466 e. The molecule has 0 aromatic carbocycles. The molecule has 0 aromatic heterocycles. The molecule has 0 aliphatic rings. The maximum absolute atomic E-state index is 11.3. The van der Waals surface area contributed by atoms with Crippen molar-refractivity contribution in [3.05, 3.63) is 0 Å². The number of nitriles is 1. The lowest BCUT2D eigenvalue weighted by atomic mass is 9.95. The molecule has 0 bridgehead atoms. The third kappa shape index (κ3) is 2.62. The van der Waals surface area contributed by atoms with E-state index >= 15 is 0 Å². The summed E-state index contributed by atoms with van der Waals surface area (Å²) in [5.41, 5.74) is -1.07. The Kier molecular flexibility index (Phi) is 4.90. The second-order valence-electron chi connectivity index (χ2n) is 2.78. The van der Waals surface area contributed by atoms with Gasteiger partial charge in [-0.25, -0.2) is 4.79 Å². The van der Waals surface area contributed by atoms with Gasteiger partial charge in [0.25, 0.3) is 6.26 Å². The van der Waals surface area contributed by atoms with E-state index in [-0.39, 0.29) is 0 Å². The molecule has 0 amide bonds. The molecule has 1 unspecified atom stereocenters. The molecule has 0 rings (SSSR count). The molecule has 0 spiro atoms. The van der Waals surface area contributed by atoms with E-state index in [2.05, 4.69) is 4.74 Å². The van der Waals surface area contributed by atoms with Gasteiger partial charge in [-0.15, -0.1) is 0 Å². The Bertz CT molecular complexity index is 209. The monoisotopic (exact) mass is 185 g/mol. The van der Waals surface area contributed by atoms with Gasteiger partial charge in [0.2, 0.25) is 5.60 Å². The Hall–Kier alpha value is -1.24. The molecule has 13 heavy (non-hydrogen) atoms. The van der Waals surface area contributed by atoms with E-state index in [1.165, 1.54) is 7.11 Å². The number of esters is 1. The average molecular weight is 185 g/mol. The van der Waals surface area contributed by atoms with Crippen LogP contribution in [0.2, 0.25) is 0 Å². The highest BCUT2D eigenvalue weighted by Crippen LogP contribution is 2.23. The number of nitrogens with zero attached hydrogens (tertiary/aromatic N) is 1. The zero-order valence-corrected chi connectivity index (χ0v) is 8.29. The quantitative estimate of drug-likeness (QED) is 0.482. The van der Waals surface area contributed by atoms with Crippen molar-refractivity contribution in [1.29, 1.82) is 5.26 Å². The van der Waals surface area contributed by atoms with E-state index in [1.807, 2.05) is 6.92 Å². The molecule has 4 heteroatoms. The maximum Gasteiger partial charge on any atom is 0.351 e. The molecule has 4 nitrogen and oxygen atoms in total. The third-order valence-corrected chi connectivity index (χ3v) is 2.02. The van der Waals surface area contributed by atoms with Gasteiger partial charge in [0.15, 0.2) is 0 Å². The summed E-state index contributed by atoms with van der Waals surface area (Å²) in [6, 6.07) is 0. The first-order chi connectivity index (χ1) is 6.16. The Morgan fingerprint density at radius 1 is 1.54 bits per heavy atom. The van der Waals surface area contributed by atoms with Crippen LogP contribution in [0.5, 0.6) is 0 Å². The van der Waals surface area contributed by atoms with E-state index in [1.54, 1.807) is 13.2 Å². The van der Waals surface area contributed by atoms with Crippen LogP contribution in [-0.2, 0) is 14.3 Å². The smallest absolute Gasteiger partial charge is 0.351 e. The van der Waals surface area contributed by atoms with Crippen LogP contribution in [0.15, 0.2) is 0 Å². The van der Waals surface area contributed by atoms with E-state index in [0.29, 0.717) is 12.8 Å². The number of hydrogen-bond acceptors (Lipinski definition) is 4. The minimum absolute atomic E-state index is 0.446. The highest BCUT2D eigenvalue weighted by molar-refractivity contribution is 5.79. The predicted octanol–water partition coefficient (Wildman–Crippen LogP) is 1.61. The number of carbonyl (C=O) groups is 1. The molecule has 0 aromatic rings. The second-order valence-corrected chi connectivity index (χ2v) is 2.78. The largest absolute Gasteiger partial charge is 0.466 e. The van der Waals surface area contributed by atoms with Crippen LogP contribution in [0, 0.1) is 11.5 Å². The van der Waals surface area contributed by atoms with Gasteiger partial charge in [-0.3, -0.25) is 0 Å². The van der Waals surface area contributed by atoms with E-state index in [4.69, 9.17) is 10.00 Å². The summed E-state index contributed by atoms with van der Waals surface area (Å²) in [4.78, 5) is 11.3. The van der Waals surface area contributed by atoms with Crippen LogP contribution in [0.1, 0.15) is 33.1 Å². The van der Waals surface area contributed by atoms with Gasteiger partial charge in [0.05, 0.1) is 7.11 Å². The van der Waals surface area contributed by atoms with Gasteiger partial charge in [-0.2, -0.15) is 5.26 Å². The standard InChI is InChI=1S/C9H15NO3/c1-4-6-9(5-2,13-7-10)8(11)12-3/h4-6H2,1-3H3. The number of carbonyl (C=O) groups excluding carboxylic acids is 1. The van der Waals surface area contributed by atoms with Crippen LogP contribution in [0.25, 0.3) is 0 Å². The molecule has 0 N–H and O–H groups in total. The summed E-state index contributed by atoms with van der Waals surface area (Å²) in [7, 11) is 1.29. The molecule has 0 saturated heterocycles. The lowest BCUT2D eigenvalue weighted by Gasteiger charge is -2.25. The summed E-state index contributed by atoms with van der Waals surface area (Å²) in [5, 5.41) is 8.42. The second kappa shape index (κ2) is 5.41. The molecule has 1 atom stereocenters. The fourth-order valence-corrected chi connectivity index (χ4v) is 1.27. The van der Waals surface area contributed by atoms with Gasteiger partial charge >= 0.3 is 5.97 Å². The number of rotatable bonds is 5. The van der Waals surface area contributed by atoms with Crippen LogP contribution in [0.3, 0.4) is 0 Å². The lowest BCUT2D eigenvalue weighted by Crippen LogP contribution is -2.40. The minimum atomic E-state index is -1.07. The van der Waals surface area contributed by atoms with Crippen LogP contribution in [-0.4, -0.2) is 18.7 Å². The van der Waals surface area contributed by atoms with Gasteiger partial charge in [-0.1, -0.05) is 20.3 Å². The van der Waals surface area contributed by atoms with Crippen LogP contribution >= 0.6 is 0 Å². The molecule has 0 aliphatic carbocycles. The van der Waals surface area contributed by atoms with Crippen molar-refractivity contribution in [3.63, 3.8) is 0 Å². The molecular weight excluding hydrogens is 170 g/mol. The first-order valence-electron chi connectivity index (χ1n) is 4.32. The van der Waals surface area contributed by atoms with Gasteiger partial charge in [-0.05, 0) is 12.8 Å². The summed E-state index contributed by atoms with van der Waals surface area (Å²) in [6.07, 6.45) is 3.28. The first-order valence-corrected chi connectivity index (χ1v) is 4.32. The summed E-state index contributed by atoms with van der Waals surface area (Å²) < 4.78 is 9.40. The third-order valence-electron chi connectivity index (χ3n) is 2.02. The van der Waals surface area contributed by atoms with Crippen LogP contribution < -0.4 is 0 Å². The van der Waals surface area contributed by atoms with E-state index in [0.717, 1.165) is 6.42 Å². The van der Waals surface area contributed by atoms with Crippen molar-refractivity contribution in [3.8, 4) is 6.26 Å². The fourth-order valence-electron chi connectivity index (χ4n) is 1.27. The summed E-state index contributed by atoms with van der Waals surface area (Å²) in [6.45, 7) is 3.72. The number of hydrogen-bond donors (Lipinski definition) is 0. The fraction of sp³-hybridized carbons (Fsp3) is 0.778. The van der Waals surface area contributed by atoms with Crippen molar-refractivity contribution in [2.75, 3.05) is 7.11 Å². The number of ether oxygens (including phenoxy) is 2. The first kappa shape index (κ1) is 11.8. The highest BCUT2D eigenvalue weighted by Gasteiger charge is 2.39. The maximum atomic E-state index is 11.3. The molecule has 0 aliphatic heterocycles. The van der Waals surface area contributed by atoms with E-state index in [9.17, 15) is 4.79 Å². The Morgan fingerprint density at radius 2 is 2.15 bits per heavy atom. The Balaban J connectivity index is 4.64. The van der Waals surface area contributed by atoms with E-state index < -0.39 is 11.6 Å². The Morgan fingerprint density at radius 3 is 2.46 bits per heavy atom. The van der Waals surface area contributed by atoms with Crippen molar-refractivity contribution in [2.45, 2.75) is 38.7 Å². The highest BCUT2D eigenvalue weighted by atomic mass is 16.6. The van der Waals surface area contributed by atoms with Gasteiger partial charge < -0.3 is 9.47 Å². The average Bonchev–Trinajstić information content (AvgIpc) is 2.16. The topological polar surface area (TPSA) is 59.3 Å². The SMILES string of the molecule is CCCC(CC)(OC#N)C(=O)OC. The Labute approximate surface area is 78.4 Å². The van der Waals surface area contributed by atoms with Crippen molar-refractivity contribution >= 4 is 5.97 Å².